The zero-order chi connectivity index (χ0) is 9.90. The van der Waals surface area contributed by atoms with Crippen LogP contribution in [0, 0.1) is 0 Å². The Hall–Kier alpha value is 0.270. The molecule has 2 unspecified atom stereocenters. The highest BCUT2D eigenvalue weighted by molar-refractivity contribution is 7.99. The molecule has 0 aromatic rings. The molecule has 3 heteroatoms. The van der Waals surface area contributed by atoms with E-state index in [2.05, 4.69) is 33.0 Å². The van der Waals surface area contributed by atoms with E-state index in [0.29, 0.717) is 6.10 Å². The van der Waals surface area contributed by atoms with Gasteiger partial charge in [-0.3, -0.25) is 5.32 Å². The summed E-state index contributed by atoms with van der Waals surface area (Å²) in [6.07, 6.45) is 1.72. The highest BCUT2D eigenvalue weighted by atomic mass is 32.2. The van der Waals surface area contributed by atoms with Gasteiger partial charge in [0.05, 0.1) is 6.10 Å². The molecule has 1 heterocycles. The van der Waals surface area contributed by atoms with Gasteiger partial charge in [0, 0.05) is 11.3 Å². The lowest BCUT2D eigenvalue weighted by Crippen LogP contribution is -2.55. The highest BCUT2D eigenvalue weighted by Crippen LogP contribution is 2.22. The average molecular weight is 203 g/mol. The predicted molar refractivity (Wildman–Crippen MR) is 59.2 cm³/mol. The van der Waals surface area contributed by atoms with Crippen LogP contribution in [0.5, 0.6) is 0 Å². The van der Waals surface area contributed by atoms with E-state index in [1.54, 1.807) is 0 Å². The number of hydrogen-bond acceptors (Lipinski definition) is 3. The molecule has 2 nitrogen and oxygen atoms in total. The van der Waals surface area contributed by atoms with Crippen molar-refractivity contribution in [3.8, 4) is 0 Å². The number of thioether (sulfide) groups is 1. The molecule has 1 N–H and O–H groups in total. The van der Waals surface area contributed by atoms with Gasteiger partial charge in [0.1, 0.15) is 6.23 Å². The van der Waals surface area contributed by atoms with Crippen molar-refractivity contribution < 1.29 is 4.74 Å². The molecule has 0 amide bonds. The second kappa shape index (κ2) is 4.67. The lowest BCUT2D eigenvalue weighted by atomic mass is 9.95. The van der Waals surface area contributed by atoms with Crippen LogP contribution in [0.2, 0.25) is 0 Å². The van der Waals surface area contributed by atoms with Gasteiger partial charge < -0.3 is 4.74 Å². The Bertz CT molecular complexity index is 161. The van der Waals surface area contributed by atoms with Gasteiger partial charge in [0.25, 0.3) is 0 Å². The maximum Gasteiger partial charge on any atom is 0.118 e. The Morgan fingerprint density at radius 3 is 2.77 bits per heavy atom. The summed E-state index contributed by atoms with van der Waals surface area (Å²) >= 11 is 1.93. The molecule has 0 saturated carbocycles. The maximum absolute atomic E-state index is 5.79. The normalized spacial score (nSPS) is 33.2. The largest absolute Gasteiger partial charge is 0.359 e. The van der Waals surface area contributed by atoms with E-state index >= 15 is 0 Å². The quantitative estimate of drug-likeness (QED) is 0.760. The van der Waals surface area contributed by atoms with Gasteiger partial charge in [-0.2, -0.15) is 11.8 Å². The van der Waals surface area contributed by atoms with E-state index in [1.807, 2.05) is 11.8 Å². The molecule has 0 radical (unpaired) electrons. The lowest BCUT2D eigenvalue weighted by molar-refractivity contribution is -0.0749. The smallest absolute Gasteiger partial charge is 0.118 e. The average Bonchev–Trinajstić information content (AvgIpc) is 1.97. The molecule has 1 saturated heterocycles. The number of rotatable bonds is 3. The van der Waals surface area contributed by atoms with Crippen LogP contribution in [0.25, 0.3) is 0 Å². The summed E-state index contributed by atoms with van der Waals surface area (Å²) in [7, 11) is 0. The van der Waals surface area contributed by atoms with E-state index < -0.39 is 0 Å². The molecule has 78 valence electrons. The third-order valence-corrected chi connectivity index (χ3v) is 3.17. The zero-order valence-electron chi connectivity index (χ0n) is 9.09. The van der Waals surface area contributed by atoms with Crippen LogP contribution >= 0.6 is 11.8 Å². The minimum Gasteiger partial charge on any atom is -0.359 e. The van der Waals surface area contributed by atoms with Gasteiger partial charge in [0.15, 0.2) is 0 Å². The van der Waals surface area contributed by atoms with Crippen molar-refractivity contribution in [3.63, 3.8) is 0 Å². The van der Waals surface area contributed by atoms with Gasteiger partial charge in [0.2, 0.25) is 0 Å². The first kappa shape index (κ1) is 11.3. The molecule has 2 atom stereocenters. The summed E-state index contributed by atoms with van der Waals surface area (Å²) < 4.78 is 5.79. The first-order valence-corrected chi connectivity index (χ1v) is 6.20. The van der Waals surface area contributed by atoms with Crippen LogP contribution in [-0.2, 0) is 4.74 Å². The van der Waals surface area contributed by atoms with Crippen molar-refractivity contribution in [1.82, 2.24) is 5.32 Å². The van der Waals surface area contributed by atoms with Crippen molar-refractivity contribution in [2.45, 2.75) is 52.0 Å². The third kappa shape index (κ3) is 3.88. The molecular weight excluding hydrogens is 182 g/mol. The molecule has 0 bridgehead atoms. The van der Waals surface area contributed by atoms with Crippen LogP contribution in [0.1, 0.15) is 34.1 Å². The molecule has 1 aliphatic heterocycles. The minimum absolute atomic E-state index is 0.233. The summed E-state index contributed by atoms with van der Waals surface area (Å²) in [4.78, 5) is 0. The van der Waals surface area contributed by atoms with Crippen LogP contribution in [0.4, 0.5) is 0 Å². The van der Waals surface area contributed by atoms with Crippen LogP contribution in [-0.4, -0.2) is 29.4 Å². The van der Waals surface area contributed by atoms with Crippen molar-refractivity contribution in [2.75, 3.05) is 11.5 Å². The molecule has 1 fully saturated rings. The van der Waals surface area contributed by atoms with Crippen LogP contribution in [0.3, 0.4) is 0 Å². The van der Waals surface area contributed by atoms with Gasteiger partial charge in [-0.25, -0.2) is 0 Å². The van der Waals surface area contributed by atoms with Crippen molar-refractivity contribution in [2.24, 2.45) is 0 Å². The summed E-state index contributed by atoms with van der Waals surface area (Å²) in [6, 6.07) is 0. The highest BCUT2D eigenvalue weighted by Gasteiger charge is 2.31. The monoisotopic (exact) mass is 203 g/mol. The minimum atomic E-state index is 0.233. The van der Waals surface area contributed by atoms with Crippen molar-refractivity contribution in [1.29, 1.82) is 0 Å². The maximum atomic E-state index is 5.79. The van der Waals surface area contributed by atoms with Gasteiger partial charge in [-0.1, -0.05) is 6.92 Å². The summed E-state index contributed by atoms with van der Waals surface area (Å²) in [5.74, 6) is 2.22. The van der Waals surface area contributed by atoms with E-state index in [9.17, 15) is 0 Å². The molecule has 0 aliphatic carbocycles. The second-order valence-corrected chi connectivity index (χ2v) is 5.65. The fraction of sp³-hybridized carbons (Fsp3) is 1.00. The fourth-order valence-corrected chi connectivity index (χ4v) is 2.49. The van der Waals surface area contributed by atoms with E-state index in [1.165, 1.54) is 0 Å². The number of nitrogens with one attached hydrogen (secondary N) is 1. The molecule has 1 rings (SSSR count). The second-order valence-electron chi connectivity index (χ2n) is 4.33. The molecule has 0 aromatic carbocycles. The van der Waals surface area contributed by atoms with Crippen molar-refractivity contribution in [3.05, 3.63) is 0 Å². The third-order valence-electron chi connectivity index (χ3n) is 2.22. The van der Waals surface area contributed by atoms with Crippen molar-refractivity contribution >= 4 is 11.8 Å². The standard InChI is InChI=1S/C10H21NOS/c1-5-13-7-9-11-10(3,4)6-8(2)12-9/h8-9,11H,5-7H2,1-4H3. The number of hydrogen-bond donors (Lipinski definition) is 1. The molecular formula is C10H21NOS. The number of ether oxygens (including phenoxy) is 1. The molecule has 13 heavy (non-hydrogen) atoms. The molecule has 1 aliphatic rings. The molecule has 0 aromatic heterocycles. The molecule has 0 spiro atoms. The Morgan fingerprint density at radius 1 is 1.54 bits per heavy atom. The Morgan fingerprint density at radius 2 is 2.23 bits per heavy atom. The fourth-order valence-electron chi connectivity index (χ4n) is 1.88. The summed E-state index contributed by atoms with van der Waals surface area (Å²) in [5.41, 5.74) is 0.233. The van der Waals surface area contributed by atoms with E-state index in [-0.39, 0.29) is 11.8 Å². The predicted octanol–water partition coefficient (Wildman–Crippen LogP) is 2.24. The summed E-state index contributed by atoms with van der Waals surface area (Å²) in [6.45, 7) is 8.83. The SMILES string of the molecule is CCSCC1NC(C)(C)CC(C)O1. The van der Waals surface area contributed by atoms with Crippen LogP contribution < -0.4 is 5.32 Å². The summed E-state index contributed by atoms with van der Waals surface area (Å²) in [5, 5.41) is 3.51. The van der Waals surface area contributed by atoms with Gasteiger partial charge in [-0.05, 0) is 32.9 Å². The topological polar surface area (TPSA) is 21.3 Å². The Labute approximate surface area is 85.8 Å². The van der Waals surface area contributed by atoms with Crippen LogP contribution in [0.15, 0.2) is 0 Å². The first-order valence-electron chi connectivity index (χ1n) is 5.04. The van der Waals surface area contributed by atoms with Gasteiger partial charge >= 0.3 is 0 Å². The first-order chi connectivity index (χ1) is 6.03. The Balaban J connectivity index is 2.38. The van der Waals surface area contributed by atoms with Gasteiger partial charge in [-0.15, -0.1) is 0 Å². The Kier molecular flexibility index (Phi) is 4.07. The zero-order valence-corrected chi connectivity index (χ0v) is 9.91. The van der Waals surface area contributed by atoms with E-state index in [0.717, 1.165) is 17.9 Å². The van der Waals surface area contributed by atoms with E-state index in [4.69, 9.17) is 4.74 Å². The lowest BCUT2D eigenvalue weighted by Gasteiger charge is -2.40.